The highest BCUT2D eigenvalue weighted by molar-refractivity contribution is 5.50. The molecule has 0 saturated heterocycles. The maximum atomic E-state index is 5.24. The Bertz CT molecular complexity index is 364. The van der Waals surface area contributed by atoms with Gasteiger partial charge in [-0.05, 0) is 12.5 Å². The number of nitrogens with one attached hydrogen (secondary N) is 1. The van der Waals surface area contributed by atoms with Gasteiger partial charge in [0.25, 0.3) is 0 Å². The summed E-state index contributed by atoms with van der Waals surface area (Å²) in [5.74, 6) is 0. The molecule has 0 atom stereocenters. The third-order valence-corrected chi connectivity index (χ3v) is 4.16. The average molecular weight is 306 g/mol. The fourth-order valence-corrected chi connectivity index (χ4v) is 2.81. The van der Waals surface area contributed by atoms with Gasteiger partial charge in [-0.1, -0.05) is 82.9 Å². The highest BCUT2D eigenvalue weighted by atomic mass is 16.5. The summed E-state index contributed by atoms with van der Waals surface area (Å²) in [5.41, 5.74) is 2.47. The Hall–Kier alpha value is -1.02. The van der Waals surface area contributed by atoms with Gasteiger partial charge in [0.2, 0.25) is 0 Å². The van der Waals surface area contributed by atoms with Crippen molar-refractivity contribution < 1.29 is 4.74 Å². The first-order chi connectivity index (χ1) is 10.9. The van der Waals surface area contributed by atoms with Gasteiger partial charge in [-0.3, -0.25) is 0 Å². The van der Waals surface area contributed by atoms with Gasteiger partial charge < -0.3 is 10.1 Å². The van der Waals surface area contributed by atoms with Gasteiger partial charge in [0, 0.05) is 24.9 Å². The molecule has 0 aliphatic carbocycles. The van der Waals surface area contributed by atoms with Crippen molar-refractivity contribution in [3.05, 3.63) is 29.8 Å². The molecule has 0 bridgehead atoms. The molecule has 0 radical (unpaired) electrons. The molecule has 0 saturated carbocycles. The topological polar surface area (TPSA) is 21.3 Å². The van der Waals surface area contributed by atoms with Crippen molar-refractivity contribution in [1.29, 1.82) is 0 Å². The molecule has 0 heterocycles. The van der Waals surface area contributed by atoms with E-state index in [1.54, 1.807) is 7.11 Å². The first-order valence-corrected chi connectivity index (χ1v) is 9.19. The number of para-hydroxylation sites is 1. The SMILES string of the molecule is CCCCCCCCCCCCNc1ccccc1COC. The van der Waals surface area contributed by atoms with Crippen LogP contribution in [0.4, 0.5) is 5.69 Å². The Morgan fingerprint density at radius 2 is 1.41 bits per heavy atom. The first-order valence-electron chi connectivity index (χ1n) is 9.19. The number of hydrogen-bond donors (Lipinski definition) is 1. The van der Waals surface area contributed by atoms with Crippen molar-refractivity contribution in [2.45, 2.75) is 77.7 Å². The van der Waals surface area contributed by atoms with Gasteiger partial charge in [-0.25, -0.2) is 0 Å². The Kier molecular flexibility index (Phi) is 11.8. The maximum absolute atomic E-state index is 5.24. The van der Waals surface area contributed by atoms with Gasteiger partial charge in [0.1, 0.15) is 0 Å². The minimum Gasteiger partial charge on any atom is -0.385 e. The largest absolute Gasteiger partial charge is 0.385 e. The van der Waals surface area contributed by atoms with Gasteiger partial charge in [0.05, 0.1) is 6.61 Å². The van der Waals surface area contributed by atoms with Crippen molar-refractivity contribution in [2.75, 3.05) is 19.0 Å². The van der Waals surface area contributed by atoms with Crippen LogP contribution in [0.3, 0.4) is 0 Å². The van der Waals surface area contributed by atoms with E-state index < -0.39 is 0 Å². The molecule has 0 aliphatic heterocycles. The molecule has 0 aliphatic rings. The molecule has 1 N–H and O–H groups in total. The van der Waals surface area contributed by atoms with Crippen LogP contribution in [0.15, 0.2) is 24.3 Å². The van der Waals surface area contributed by atoms with Crippen LogP contribution in [-0.2, 0) is 11.3 Å². The summed E-state index contributed by atoms with van der Waals surface area (Å²) < 4.78 is 5.24. The van der Waals surface area contributed by atoms with E-state index in [1.165, 1.54) is 75.5 Å². The number of anilines is 1. The van der Waals surface area contributed by atoms with Crippen LogP contribution in [0, 0.1) is 0 Å². The summed E-state index contributed by atoms with van der Waals surface area (Å²) in [6, 6.07) is 8.43. The Morgan fingerprint density at radius 3 is 2.05 bits per heavy atom. The van der Waals surface area contributed by atoms with Crippen LogP contribution >= 0.6 is 0 Å². The van der Waals surface area contributed by atoms with E-state index in [4.69, 9.17) is 4.74 Å². The quantitative estimate of drug-likeness (QED) is 0.415. The van der Waals surface area contributed by atoms with E-state index in [-0.39, 0.29) is 0 Å². The highest BCUT2D eigenvalue weighted by Gasteiger charge is 2.00. The minimum atomic E-state index is 0.682. The summed E-state index contributed by atoms with van der Waals surface area (Å²) in [7, 11) is 1.75. The van der Waals surface area contributed by atoms with Crippen molar-refractivity contribution in [3.63, 3.8) is 0 Å². The van der Waals surface area contributed by atoms with Crippen LogP contribution < -0.4 is 5.32 Å². The minimum absolute atomic E-state index is 0.682. The highest BCUT2D eigenvalue weighted by Crippen LogP contribution is 2.16. The molecule has 0 amide bonds. The summed E-state index contributed by atoms with van der Waals surface area (Å²) >= 11 is 0. The molecule has 0 aromatic heterocycles. The van der Waals surface area contributed by atoms with Gasteiger partial charge in [0.15, 0.2) is 0 Å². The van der Waals surface area contributed by atoms with Gasteiger partial charge in [-0.15, -0.1) is 0 Å². The molecular formula is C20H35NO. The third-order valence-electron chi connectivity index (χ3n) is 4.16. The number of benzene rings is 1. The lowest BCUT2D eigenvalue weighted by molar-refractivity contribution is 0.185. The zero-order valence-corrected chi connectivity index (χ0v) is 14.7. The molecule has 2 heteroatoms. The Balaban J connectivity index is 1.97. The fraction of sp³-hybridized carbons (Fsp3) is 0.700. The van der Waals surface area contributed by atoms with Crippen LogP contribution in [0.25, 0.3) is 0 Å². The molecule has 0 spiro atoms. The lowest BCUT2D eigenvalue weighted by atomic mass is 10.1. The fourth-order valence-electron chi connectivity index (χ4n) is 2.81. The summed E-state index contributed by atoms with van der Waals surface area (Å²) in [6.45, 7) is 4.03. The van der Waals surface area contributed by atoms with E-state index in [0.717, 1.165) is 6.54 Å². The average Bonchev–Trinajstić information content (AvgIpc) is 2.54. The maximum Gasteiger partial charge on any atom is 0.0733 e. The molecule has 1 rings (SSSR count). The number of unbranched alkanes of at least 4 members (excludes halogenated alkanes) is 9. The zero-order valence-electron chi connectivity index (χ0n) is 14.7. The van der Waals surface area contributed by atoms with Crippen LogP contribution in [0.2, 0.25) is 0 Å². The predicted octanol–water partition coefficient (Wildman–Crippen LogP) is 6.17. The molecule has 126 valence electrons. The van der Waals surface area contributed by atoms with Gasteiger partial charge >= 0.3 is 0 Å². The molecule has 1 aromatic rings. The van der Waals surface area contributed by atoms with Gasteiger partial charge in [-0.2, -0.15) is 0 Å². The monoisotopic (exact) mass is 305 g/mol. The van der Waals surface area contributed by atoms with E-state index in [9.17, 15) is 0 Å². The summed E-state index contributed by atoms with van der Waals surface area (Å²) in [6.07, 6.45) is 13.9. The zero-order chi connectivity index (χ0) is 15.9. The Labute approximate surface area is 137 Å². The smallest absolute Gasteiger partial charge is 0.0733 e. The van der Waals surface area contributed by atoms with Crippen LogP contribution in [-0.4, -0.2) is 13.7 Å². The molecule has 0 unspecified atom stereocenters. The second-order valence-electron chi connectivity index (χ2n) is 6.20. The second kappa shape index (κ2) is 13.6. The normalized spacial score (nSPS) is 10.8. The summed E-state index contributed by atoms with van der Waals surface area (Å²) in [4.78, 5) is 0. The molecular weight excluding hydrogens is 270 g/mol. The van der Waals surface area contributed by atoms with Crippen molar-refractivity contribution >= 4 is 5.69 Å². The molecule has 22 heavy (non-hydrogen) atoms. The molecule has 2 nitrogen and oxygen atoms in total. The lowest BCUT2D eigenvalue weighted by Crippen LogP contribution is -2.04. The predicted molar refractivity (Wildman–Crippen MR) is 97.5 cm³/mol. The van der Waals surface area contributed by atoms with E-state index in [1.807, 2.05) is 0 Å². The summed E-state index contributed by atoms with van der Waals surface area (Å²) in [5, 5.41) is 3.54. The number of rotatable bonds is 14. The van der Waals surface area contributed by atoms with E-state index in [2.05, 4.69) is 36.5 Å². The van der Waals surface area contributed by atoms with E-state index >= 15 is 0 Å². The second-order valence-corrected chi connectivity index (χ2v) is 6.20. The number of methoxy groups -OCH3 is 1. The van der Waals surface area contributed by atoms with Crippen molar-refractivity contribution in [2.24, 2.45) is 0 Å². The van der Waals surface area contributed by atoms with Crippen LogP contribution in [0.1, 0.15) is 76.7 Å². The van der Waals surface area contributed by atoms with Crippen molar-refractivity contribution in [3.8, 4) is 0 Å². The molecule has 0 fully saturated rings. The Morgan fingerprint density at radius 1 is 0.818 bits per heavy atom. The first kappa shape index (κ1) is 19.0. The third kappa shape index (κ3) is 9.09. The van der Waals surface area contributed by atoms with E-state index in [0.29, 0.717) is 6.61 Å². The number of hydrogen-bond acceptors (Lipinski definition) is 2. The van der Waals surface area contributed by atoms with Crippen LogP contribution in [0.5, 0.6) is 0 Å². The molecule has 1 aromatic carbocycles. The van der Waals surface area contributed by atoms with Crippen molar-refractivity contribution in [1.82, 2.24) is 0 Å². The standard InChI is InChI=1S/C20H35NO/c1-3-4-5-6-7-8-9-10-11-14-17-21-20-16-13-12-15-19(20)18-22-2/h12-13,15-16,21H,3-11,14,17-18H2,1-2H3. The number of ether oxygens (including phenoxy) is 1. The lowest BCUT2D eigenvalue weighted by Gasteiger charge is -2.11.